The van der Waals surface area contributed by atoms with Gasteiger partial charge in [-0.25, -0.2) is 0 Å². The Kier molecular flexibility index (Phi) is 9.70. The molecule has 0 aliphatic carbocycles. The summed E-state index contributed by atoms with van der Waals surface area (Å²) in [6.45, 7) is 3.27. The lowest BCUT2D eigenvalue weighted by Crippen LogP contribution is -2.29. The summed E-state index contributed by atoms with van der Waals surface area (Å²) in [5.41, 5.74) is 2.83. The number of fused-ring (bicyclic) bond motifs is 2. The average molecular weight is 744 g/mol. The van der Waals surface area contributed by atoms with Crippen LogP contribution in [0.15, 0.2) is 119 Å². The van der Waals surface area contributed by atoms with Crippen molar-refractivity contribution in [2.24, 2.45) is 0 Å². The molecule has 2 aliphatic heterocycles. The minimum atomic E-state index is -1.06. The number of amides is 1. The summed E-state index contributed by atoms with van der Waals surface area (Å²) in [7, 11) is 0. The molecular weight excluding hydrogens is 711 g/mol. The van der Waals surface area contributed by atoms with E-state index in [0.29, 0.717) is 70.6 Å². The molecule has 1 fully saturated rings. The number of thioether (sulfide) groups is 1. The average Bonchev–Trinajstić information content (AvgIpc) is 3.77. The molecule has 0 radical (unpaired) electrons. The quantitative estimate of drug-likeness (QED) is 0.0456. The predicted molar refractivity (Wildman–Crippen MR) is 204 cm³/mol. The molecule has 0 bridgehead atoms. The second-order valence-corrected chi connectivity index (χ2v) is 14.4. The van der Waals surface area contributed by atoms with Crippen LogP contribution in [0.5, 0.6) is 23.0 Å². The number of carbonyl (C=O) groups excluding carboxylic acids is 2. The molecule has 2 aliphatic rings. The normalized spacial score (nSPS) is 16.2. The van der Waals surface area contributed by atoms with Crippen LogP contribution < -0.4 is 23.8 Å². The van der Waals surface area contributed by atoms with Crippen molar-refractivity contribution in [1.29, 1.82) is 0 Å². The Labute approximate surface area is 313 Å². The Morgan fingerprint density at radius 1 is 0.868 bits per heavy atom. The van der Waals surface area contributed by atoms with Gasteiger partial charge in [0.05, 0.1) is 18.2 Å². The number of ketones is 1. The maximum atomic E-state index is 14.0. The van der Waals surface area contributed by atoms with Crippen LogP contribution in [0.25, 0.3) is 16.5 Å². The second kappa shape index (κ2) is 15.0. The monoisotopic (exact) mass is 743 g/mol. The van der Waals surface area contributed by atoms with Crippen LogP contribution >= 0.6 is 23.1 Å². The molecule has 8 rings (SSSR count). The number of aliphatic hydroxyl groups excluding tert-OH is 1. The maximum Gasteiger partial charge on any atom is 0.301 e. The van der Waals surface area contributed by atoms with Gasteiger partial charge in [0.1, 0.15) is 25.6 Å². The summed E-state index contributed by atoms with van der Waals surface area (Å²) in [5, 5.41) is 23.2. The minimum Gasteiger partial charge on any atom is -0.507 e. The molecule has 1 aromatic heterocycles. The number of hydrogen-bond donors (Lipinski definition) is 1. The Balaban J connectivity index is 1.17. The van der Waals surface area contributed by atoms with Crippen LogP contribution in [0.2, 0.25) is 0 Å². The summed E-state index contributed by atoms with van der Waals surface area (Å²) in [6.07, 6.45) is 0. The van der Waals surface area contributed by atoms with E-state index >= 15 is 0 Å². The van der Waals surface area contributed by atoms with Crippen LogP contribution in [-0.4, -0.2) is 46.8 Å². The van der Waals surface area contributed by atoms with Crippen LogP contribution in [0, 0.1) is 0 Å². The van der Waals surface area contributed by atoms with E-state index in [9.17, 15) is 14.7 Å². The van der Waals surface area contributed by atoms with Crippen molar-refractivity contribution in [3.63, 3.8) is 0 Å². The first-order valence-electron chi connectivity index (χ1n) is 17.1. The molecule has 3 heterocycles. The van der Waals surface area contributed by atoms with Crippen molar-refractivity contribution in [3.8, 4) is 23.0 Å². The van der Waals surface area contributed by atoms with Gasteiger partial charge < -0.3 is 24.1 Å². The number of benzene rings is 5. The third-order valence-electron chi connectivity index (χ3n) is 8.91. The van der Waals surface area contributed by atoms with E-state index < -0.39 is 17.7 Å². The Bertz CT molecular complexity index is 2360. The number of carbonyl (C=O) groups is 2. The van der Waals surface area contributed by atoms with E-state index in [-0.39, 0.29) is 16.5 Å². The van der Waals surface area contributed by atoms with Gasteiger partial charge in [0, 0.05) is 11.3 Å². The highest BCUT2D eigenvalue weighted by molar-refractivity contribution is 8.00. The highest BCUT2D eigenvalue weighted by atomic mass is 32.2. The van der Waals surface area contributed by atoms with Crippen molar-refractivity contribution < 1.29 is 33.6 Å². The third-order valence-corrected chi connectivity index (χ3v) is 11.0. The van der Waals surface area contributed by atoms with Crippen LogP contribution in [0.1, 0.15) is 35.2 Å². The standard InChI is InChI=1S/C41H33N3O7S2/c1-2-48-33-21-27(15-17-32(33)51-23-25-9-4-3-5-10-25)36-35(37(45)28-16-18-31-34(22-28)50-20-19-49-31)38(46)39(47)44(36)40-42-43-41(53-40)52-24-29-13-8-12-26-11-6-7-14-30(26)29/h3-18,21-22,36,45H,2,19-20,23-24H2,1H3/t36-/m1/s1. The lowest BCUT2D eigenvalue weighted by Gasteiger charge is -2.24. The zero-order valence-electron chi connectivity index (χ0n) is 28.6. The first kappa shape index (κ1) is 34.2. The van der Waals surface area contributed by atoms with Gasteiger partial charge in [-0.05, 0) is 64.7 Å². The van der Waals surface area contributed by atoms with Crippen molar-refractivity contribution in [2.75, 3.05) is 24.7 Å². The molecule has 1 saturated heterocycles. The van der Waals surface area contributed by atoms with Gasteiger partial charge in [-0.15, -0.1) is 10.2 Å². The van der Waals surface area contributed by atoms with Crippen LogP contribution in [-0.2, 0) is 21.9 Å². The van der Waals surface area contributed by atoms with E-state index in [1.54, 1.807) is 36.4 Å². The lowest BCUT2D eigenvalue weighted by atomic mass is 9.95. The summed E-state index contributed by atoms with van der Waals surface area (Å²) < 4.78 is 24.2. The molecule has 0 spiro atoms. The summed E-state index contributed by atoms with van der Waals surface area (Å²) >= 11 is 2.70. The maximum absolute atomic E-state index is 14.0. The van der Waals surface area contributed by atoms with E-state index in [4.69, 9.17) is 18.9 Å². The largest absolute Gasteiger partial charge is 0.507 e. The summed E-state index contributed by atoms with van der Waals surface area (Å²) in [4.78, 5) is 29.3. The van der Waals surface area contributed by atoms with Gasteiger partial charge in [-0.2, -0.15) is 0 Å². The van der Waals surface area contributed by atoms with Crippen molar-refractivity contribution in [2.45, 2.75) is 29.7 Å². The molecule has 10 nitrogen and oxygen atoms in total. The molecule has 1 atom stereocenters. The number of rotatable bonds is 11. The number of aliphatic hydroxyl groups is 1. The van der Waals surface area contributed by atoms with E-state index in [1.165, 1.54) is 28.0 Å². The Morgan fingerprint density at radius 2 is 1.66 bits per heavy atom. The SMILES string of the molecule is CCOc1cc([C@@H]2C(=C(O)c3ccc4c(c3)OCCO4)C(=O)C(=O)N2c2nnc(SCc3cccc4ccccc34)s2)ccc1OCc1ccccc1. The molecule has 12 heteroatoms. The molecule has 0 saturated carbocycles. The molecule has 5 aromatic carbocycles. The Morgan fingerprint density at radius 3 is 2.51 bits per heavy atom. The highest BCUT2D eigenvalue weighted by Crippen LogP contribution is 2.46. The molecule has 6 aromatic rings. The van der Waals surface area contributed by atoms with Crippen molar-refractivity contribution >= 4 is 56.5 Å². The van der Waals surface area contributed by atoms with E-state index in [2.05, 4.69) is 34.5 Å². The minimum absolute atomic E-state index is 0.104. The fraction of sp³-hybridized carbons (Fsp3) is 0.171. The van der Waals surface area contributed by atoms with Crippen LogP contribution in [0.3, 0.4) is 0 Å². The second-order valence-electron chi connectivity index (χ2n) is 12.2. The number of anilines is 1. The fourth-order valence-electron chi connectivity index (χ4n) is 6.43. The molecule has 53 heavy (non-hydrogen) atoms. The van der Waals surface area contributed by atoms with E-state index in [0.717, 1.165) is 21.9 Å². The zero-order valence-corrected chi connectivity index (χ0v) is 30.2. The topological polar surface area (TPSA) is 120 Å². The van der Waals surface area contributed by atoms with E-state index in [1.807, 2.05) is 55.5 Å². The van der Waals surface area contributed by atoms with Gasteiger partial charge in [-0.1, -0.05) is 102 Å². The van der Waals surface area contributed by atoms with Crippen LogP contribution in [0.4, 0.5) is 5.13 Å². The van der Waals surface area contributed by atoms with Gasteiger partial charge in [-0.3, -0.25) is 14.5 Å². The van der Waals surface area contributed by atoms with Crippen molar-refractivity contribution in [1.82, 2.24) is 10.2 Å². The molecule has 1 amide bonds. The number of ether oxygens (including phenoxy) is 4. The summed E-state index contributed by atoms with van der Waals surface area (Å²) in [6, 6.07) is 33.2. The van der Waals surface area contributed by atoms with Gasteiger partial charge in [0.15, 0.2) is 27.3 Å². The van der Waals surface area contributed by atoms with Gasteiger partial charge in [0.25, 0.3) is 5.78 Å². The number of hydrogen-bond acceptors (Lipinski definition) is 11. The smallest absolute Gasteiger partial charge is 0.301 e. The Hall–Kier alpha value is -5.85. The van der Waals surface area contributed by atoms with Gasteiger partial charge in [0.2, 0.25) is 5.13 Å². The number of nitrogens with zero attached hydrogens (tertiary/aromatic N) is 3. The first-order valence-corrected chi connectivity index (χ1v) is 18.9. The van der Waals surface area contributed by atoms with Gasteiger partial charge >= 0.3 is 5.91 Å². The zero-order chi connectivity index (χ0) is 36.3. The number of Topliss-reactive ketones (excluding diaryl/α,β-unsaturated/α-hetero) is 1. The first-order chi connectivity index (χ1) is 26.0. The predicted octanol–water partition coefficient (Wildman–Crippen LogP) is 8.36. The highest BCUT2D eigenvalue weighted by Gasteiger charge is 2.48. The number of aromatic nitrogens is 2. The van der Waals surface area contributed by atoms with Crippen molar-refractivity contribution in [3.05, 3.63) is 137 Å². The molecule has 266 valence electrons. The fourth-order valence-corrected chi connectivity index (χ4v) is 8.30. The summed E-state index contributed by atoms with van der Waals surface area (Å²) in [5.74, 6) is 0.459. The third kappa shape index (κ3) is 6.90. The molecule has 1 N–H and O–H groups in total. The lowest BCUT2D eigenvalue weighted by molar-refractivity contribution is -0.132. The molecule has 0 unspecified atom stereocenters. The molecular formula is C41H33N3O7S2.